The first-order valence-corrected chi connectivity index (χ1v) is 40.8. The van der Waals surface area contributed by atoms with Crippen LogP contribution in [0.2, 0.25) is 0 Å². The van der Waals surface area contributed by atoms with Gasteiger partial charge in [-0.2, -0.15) is 0 Å². The number of aliphatic hydroxyl groups excluding tert-OH is 5. The van der Waals surface area contributed by atoms with Crippen LogP contribution in [0.3, 0.4) is 0 Å². The summed E-state index contributed by atoms with van der Waals surface area (Å²) in [6.45, 7) is 4.37. The lowest BCUT2D eigenvalue weighted by molar-refractivity contribution is -0.302. The number of ether oxygens (including phenoxy) is 3. The van der Waals surface area contributed by atoms with Crippen molar-refractivity contribution in [2.24, 2.45) is 0 Å². The van der Waals surface area contributed by atoms with Crippen molar-refractivity contribution >= 4 is 11.9 Å². The van der Waals surface area contributed by atoms with Gasteiger partial charge in [-0.3, -0.25) is 9.59 Å². The van der Waals surface area contributed by atoms with Gasteiger partial charge in [-0.25, -0.2) is 0 Å². The summed E-state index contributed by atoms with van der Waals surface area (Å²) in [5.74, 6) is -0.160. The molecule has 1 aliphatic rings. The molecule has 0 aromatic heterocycles. The van der Waals surface area contributed by atoms with Gasteiger partial charge in [-0.1, -0.05) is 371 Å². The molecule has 1 amide bonds. The molecule has 0 bridgehead atoms. The van der Waals surface area contributed by atoms with E-state index in [9.17, 15) is 35.1 Å². The van der Waals surface area contributed by atoms with Gasteiger partial charge in [0, 0.05) is 12.8 Å². The molecule has 6 N–H and O–H groups in total. The Labute approximate surface area is 574 Å². The van der Waals surface area contributed by atoms with Gasteiger partial charge in [0.1, 0.15) is 24.4 Å². The van der Waals surface area contributed by atoms with E-state index in [1.165, 1.54) is 327 Å². The van der Waals surface area contributed by atoms with E-state index >= 15 is 0 Å². The zero-order valence-electron chi connectivity index (χ0n) is 61.2. The number of hydrogen-bond donors (Lipinski definition) is 6. The quantitative estimate of drug-likeness (QED) is 0.0195. The molecule has 0 aromatic rings. The van der Waals surface area contributed by atoms with Gasteiger partial charge in [-0.15, -0.1) is 0 Å². The van der Waals surface area contributed by atoms with Crippen molar-refractivity contribution in [1.82, 2.24) is 5.32 Å². The molecule has 1 saturated heterocycles. The second kappa shape index (κ2) is 71.2. The van der Waals surface area contributed by atoms with Crippen LogP contribution in [0.5, 0.6) is 0 Å². The minimum atomic E-state index is -1.57. The lowest BCUT2D eigenvalue weighted by Gasteiger charge is -2.40. The van der Waals surface area contributed by atoms with Crippen molar-refractivity contribution < 1.29 is 49.3 Å². The van der Waals surface area contributed by atoms with Crippen molar-refractivity contribution in [3.05, 3.63) is 36.5 Å². The predicted octanol–water partition coefficient (Wildman–Crippen LogP) is 22.1. The highest BCUT2D eigenvalue weighted by molar-refractivity contribution is 5.76. The summed E-state index contributed by atoms with van der Waals surface area (Å²) in [6, 6.07) is -0.806. The fourth-order valence-corrected chi connectivity index (χ4v) is 13.1. The summed E-state index contributed by atoms with van der Waals surface area (Å²) in [7, 11) is 0. The van der Waals surface area contributed by atoms with Gasteiger partial charge in [-0.05, 0) is 64.2 Å². The number of nitrogens with one attached hydrogen (secondary N) is 1. The van der Waals surface area contributed by atoms with E-state index in [1.54, 1.807) is 6.08 Å². The van der Waals surface area contributed by atoms with Gasteiger partial charge in [0.15, 0.2) is 6.29 Å². The third-order valence-electron chi connectivity index (χ3n) is 19.5. The van der Waals surface area contributed by atoms with Crippen LogP contribution in [-0.4, -0.2) is 100 Å². The molecule has 7 atom stereocenters. The van der Waals surface area contributed by atoms with Gasteiger partial charge < -0.3 is 45.1 Å². The fraction of sp³-hybridized carbons (Fsp3) is 0.902. The van der Waals surface area contributed by atoms with E-state index in [4.69, 9.17) is 14.2 Å². The summed E-state index contributed by atoms with van der Waals surface area (Å²) >= 11 is 0. The Kier molecular flexibility index (Phi) is 68.0. The molecule has 0 aliphatic carbocycles. The molecule has 93 heavy (non-hydrogen) atoms. The molecule has 1 fully saturated rings. The third-order valence-corrected chi connectivity index (χ3v) is 19.5. The van der Waals surface area contributed by atoms with Crippen LogP contribution in [0.1, 0.15) is 412 Å². The molecule has 548 valence electrons. The first-order chi connectivity index (χ1) is 45.7. The number of rotatable bonds is 73. The molecule has 1 heterocycles. The number of hydrogen-bond acceptors (Lipinski definition) is 10. The summed E-state index contributed by atoms with van der Waals surface area (Å²) in [4.78, 5) is 25.1. The lowest BCUT2D eigenvalue weighted by atomic mass is 9.99. The normalized spacial score (nSPS) is 17.6. The predicted molar refractivity (Wildman–Crippen MR) is 394 cm³/mol. The Morgan fingerprint density at radius 2 is 0.720 bits per heavy atom. The van der Waals surface area contributed by atoms with Crippen molar-refractivity contribution in [3.63, 3.8) is 0 Å². The Morgan fingerprint density at radius 1 is 0.398 bits per heavy atom. The third kappa shape index (κ3) is 59.6. The first kappa shape index (κ1) is 88.9. The SMILES string of the molecule is CCCCCCCCC/C=C/C(O)C(COC1OC(CO)C(O)C(O)C1O)NC(=O)CCCCCCCCCCCCCCCCCCC/C=C\C/C=C\CCCCCCCCCCCCCCCCCOC(=O)CCCCCCCCCCCCCCCCCCC. The Morgan fingerprint density at radius 3 is 1.09 bits per heavy atom. The van der Waals surface area contributed by atoms with Crippen LogP contribution in [0.25, 0.3) is 0 Å². The second-order valence-electron chi connectivity index (χ2n) is 28.5. The van der Waals surface area contributed by atoms with E-state index < -0.39 is 49.5 Å². The molecule has 1 aliphatic heterocycles. The molecule has 1 rings (SSSR count). The number of carbonyl (C=O) groups excluding carboxylic acids is 2. The van der Waals surface area contributed by atoms with Gasteiger partial charge in [0.05, 0.1) is 32.0 Å². The van der Waals surface area contributed by atoms with Gasteiger partial charge in [0.25, 0.3) is 0 Å². The molecule has 0 spiro atoms. The zero-order chi connectivity index (χ0) is 67.2. The van der Waals surface area contributed by atoms with E-state index in [0.717, 1.165) is 57.8 Å². The molecular formula is C82H155NO10. The van der Waals surface area contributed by atoms with Crippen molar-refractivity contribution in [1.29, 1.82) is 0 Å². The minimum absolute atomic E-state index is 0.0193. The number of carbonyl (C=O) groups is 2. The van der Waals surface area contributed by atoms with Crippen LogP contribution in [0.15, 0.2) is 36.5 Å². The maximum atomic E-state index is 13.0. The largest absolute Gasteiger partial charge is 0.466 e. The molecule has 0 saturated carbocycles. The van der Waals surface area contributed by atoms with Crippen molar-refractivity contribution in [2.75, 3.05) is 19.8 Å². The number of allylic oxidation sites excluding steroid dienone is 5. The van der Waals surface area contributed by atoms with Crippen LogP contribution >= 0.6 is 0 Å². The van der Waals surface area contributed by atoms with Crippen LogP contribution < -0.4 is 5.32 Å². The topological polar surface area (TPSA) is 175 Å². The van der Waals surface area contributed by atoms with Gasteiger partial charge >= 0.3 is 5.97 Å². The lowest BCUT2D eigenvalue weighted by Crippen LogP contribution is -2.60. The highest BCUT2D eigenvalue weighted by atomic mass is 16.7. The maximum absolute atomic E-state index is 13.0. The second-order valence-corrected chi connectivity index (χ2v) is 28.5. The Hall–Kier alpha value is -2.12. The van der Waals surface area contributed by atoms with E-state index in [-0.39, 0.29) is 18.5 Å². The average Bonchev–Trinajstić information content (AvgIpc) is 1.06. The Bertz CT molecular complexity index is 1640. The number of esters is 1. The molecular weight excluding hydrogens is 1160 g/mol. The molecule has 0 aromatic carbocycles. The van der Waals surface area contributed by atoms with Crippen LogP contribution in [0.4, 0.5) is 0 Å². The minimum Gasteiger partial charge on any atom is -0.466 e. The van der Waals surface area contributed by atoms with Crippen LogP contribution in [0, 0.1) is 0 Å². The Balaban J connectivity index is 1.85. The average molecular weight is 1320 g/mol. The monoisotopic (exact) mass is 1310 g/mol. The number of amides is 1. The van der Waals surface area contributed by atoms with Crippen LogP contribution in [-0.2, 0) is 23.8 Å². The summed E-state index contributed by atoms with van der Waals surface area (Å²) in [5.41, 5.74) is 0. The van der Waals surface area contributed by atoms with E-state index in [2.05, 4.69) is 43.5 Å². The highest BCUT2D eigenvalue weighted by Crippen LogP contribution is 2.24. The van der Waals surface area contributed by atoms with Crippen molar-refractivity contribution in [3.8, 4) is 0 Å². The fourth-order valence-electron chi connectivity index (χ4n) is 13.1. The number of aliphatic hydroxyl groups is 5. The molecule has 0 radical (unpaired) electrons. The summed E-state index contributed by atoms with van der Waals surface area (Å²) in [5, 5.41) is 54.3. The highest BCUT2D eigenvalue weighted by Gasteiger charge is 2.44. The molecule has 7 unspecified atom stereocenters. The zero-order valence-corrected chi connectivity index (χ0v) is 61.2. The maximum Gasteiger partial charge on any atom is 0.305 e. The van der Waals surface area contributed by atoms with Gasteiger partial charge in [0.2, 0.25) is 5.91 Å². The molecule has 11 nitrogen and oxygen atoms in total. The van der Waals surface area contributed by atoms with Crippen molar-refractivity contribution in [2.45, 2.75) is 455 Å². The smallest absolute Gasteiger partial charge is 0.305 e. The standard InChI is InChI=1S/C82H155NO10/c1-3-5-7-9-11-13-14-15-16-40-44-47-50-54-58-62-66-70-78(87)91-71-67-63-59-55-51-48-45-42-39-37-35-33-31-29-27-25-23-21-19-17-18-20-22-24-26-28-30-32-34-36-38-41-43-46-49-53-57-61-65-69-77(86)83-74(75(85)68-64-60-56-52-12-10-8-6-4-2)73-92-82-81(90)80(89)79(88)76(72-84)93-82/h17-18,21,23,64,68,74-76,79-82,84-85,88-90H,3-16,19-20,22,24-63,65-67,69-73H2,1-2H3,(H,83,86)/b18-17-,23-21-,68-64+. The molecule has 11 heteroatoms. The number of unbranched alkanes of at least 4 members (excludes halogenated alkanes) is 55. The summed E-state index contributed by atoms with van der Waals surface area (Å²) in [6.07, 6.45) is 83.5. The van der Waals surface area contributed by atoms with E-state index in [1.807, 2.05) is 6.08 Å². The van der Waals surface area contributed by atoms with E-state index in [0.29, 0.717) is 19.4 Å². The summed E-state index contributed by atoms with van der Waals surface area (Å²) < 4.78 is 16.7. The first-order valence-electron chi connectivity index (χ1n) is 40.8.